The van der Waals surface area contributed by atoms with Gasteiger partial charge in [0.15, 0.2) is 11.6 Å². The molecule has 0 radical (unpaired) electrons. The van der Waals surface area contributed by atoms with Crippen molar-refractivity contribution < 1.29 is 13.5 Å². The topological polar surface area (TPSA) is 21.3 Å². The van der Waals surface area contributed by atoms with Gasteiger partial charge in [0.1, 0.15) is 5.75 Å². The van der Waals surface area contributed by atoms with E-state index in [-0.39, 0.29) is 6.04 Å². The normalized spacial score (nSPS) is 12.2. The maximum atomic E-state index is 14.0. The Morgan fingerprint density at radius 3 is 2.40 bits per heavy atom. The van der Waals surface area contributed by atoms with E-state index in [0.29, 0.717) is 12.1 Å². The quantitative estimate of drug-likeness (QED) is 0.900. The molecule has 0 spiro atoms. The van der Waals surface area contributed by atoms with Gasteiger partial charge in [-0.25, -0.2) is 8.78 Å². The third kappa shape index (κ3) is 2.96. The van der Waals surface area contributed by atoms with Crippen molar-refractivity contribution >= 4 is 0 Å². The van der Waals surface area contributed by atoms with Crippen LogP contribution in [-0.4, -0.2) is 13.7 Å². The van der Waals surface area contributed by atoms with Crippen LogP contribution in [0.25, 0.3) is 0 Å². The van der Waals surface area contributed by atoms with E-state index in [0.717, 1.165) is 17.4 Å². The fourth-order valence-electron chi connectivity index (χ4n) is 2.15. The molecule has 1 unspecified atom stereocenters. The maximum Gasteiger partial charge on any atom is 0.163 e. The molecular formula is C16H17F2NO. The molecule has 0 heterocycles. The van der Waals surface area contributed by atoms with Crippen LogP contribution in [-0.2, 0) is 0 Å². The Kier molecular flexibility index (Phi) is 4.69. The summed E-state index contributed by atoms with van der Waals surface area (Å²) in [6.45, 7) is 2.57. The zero-order valence-electron chi connectivity index (χ0n) is 11.5. The minimum absolute atomic E-state index is 0.303. The molecule has 0 aromatic heterocycles. The molecule has 106 valence electrons. The molecule has 0 amide bonds. The molecule has 1 atom stereocenters. The summed E-state index contributed by atoms with van der Waals surface area (Å²) in [5, 5.41) is 3.17. The Morgan fingerprint density at radius 1 is 1.10 bits per heavy atom. The van der Waals surface area contributed by atoms with Crippen LogP contribution < -0.4 is 10.1 Å². The summed E-state index contributed by atoms with van der Waals surface area (Å²) in [7, 11) is 1.59. The van der Waals surface area contributed by atoms with Crippen LogP contribution in [0, 0.1) is 11.6 Å². The second-order valence-corrected chi connectivity index (χ2v) is 4.41. The Hall–Kier alpha value is -1.94. The van der Waals surface area contributed by atoms with E-state index in [9.17, 15) is 8.78 Å². The third-order valence-corrected chi connectivity index (χ3v) is 3.15. The van der Waals surface area contributed by atoms with Crippen LogP contribution in [0.1, 0.15) is 24.1 Å². The fourth-order valence-corrected chi connectivity index (χ4v) is 2.15. The van der Waals surface area contributed by atoms with Crippen LogP contribution in [0.15, 0.2) is 42.5 Å². The van der Waals surface area contributed by atoms with Gasteiger partial charge in [0.25, 0.3) is 0 Å². The van der Waals surface area contributed by atoms with E-state index in [2.05, 4.69) is 5.32 Å². The Morgan fingerprint density at radius 2 is 1.80 bits per heavy atom. The highest BCUT2D eigenvalue weighted by Gasteiger charge is 2.19. The second-order valence-electron chi connectivity index (χ2n) is 4.41. The van der Waals surface area contributed by atoms with E-state index >= 15 is 0 Å². The first kappa shape index (κ1) is 14.5. The van der Waals surface area contributed by atoms with Gasteiger partial charge in [-0.15, -0.1) is 0 Å². The lowest BCUT2D eigenvalue weighted by Gasteiger charge is -2.20. The van der Waals surface area contributed by atoms with Crippen molar-refractivity contribution in [3.8, 4) is 5.75 Å². The van der Waals surface area contributed by atoms with E-state index in [4.69, 9.17) is 4.74 Å². The standard InChI is InChI=1S/C16H17F2NO/c1-3-19-16(11-7-9-12(20-2)10-8-11)13-5-4-6-14(17)15(13)18/h4-10,16,19H,3H2,1-2H3. The van der Waals surface area contributed by atoms with E-state index in [1.54, 1.807) is 25.3 Å². The van der Waals surface area contributed by atoms with Gasteiger partial charge in [0.05, 0.1) is 13.2 Å². The minimum Gasteiger partial charge on any atom is -0.497 e. The Labute approximate surface area is 117 Å². The monoisotopic (exact) mass is 277 g/mol. The van der Waals surface area contributed by atoms with Crippen molar-refractivity contribution in [2.24, 2.45) is 0 Å². The molecule has 0 aliphatic rings. The molecule has 2 rings (SSSR count). The van der Waals surface area contributed by atoms with Gasteiger partial charge in [0, 0.05) is 5.56 Å². The van der Waals surface area contributed by atoms with Crippen LogP contribution in [0.2, 0.25) is 0 Å². The number of halogens is 2. The molecule has 4 heteroatoms. The number of hydrogen-bond donors (Lipinski definition) is 1. The maximum absolute atomic E-state index is 14.0. The fraction of sp³-hybridized carbons (Fsp3) is 0.250. The number of methoxy groups -OCH3 is 1. The smallest absolute Gasteiger partial charge is 0.163 e. The van der Waals surface area contributed by atoms with Gasteiger partial charge < -0.3 is 10.1 Å². The van der Waals surface area contributed by atoms with Crippen molar-refractivity contribution in [3.05, 3.63) is 65.2 Å². The molecule has 0 bridgehead atoms. The van der Waals surface area contributed by atoms with Gasteiger partial charge in [-0.05, 0) is 30.3 Å². The number of benzene rings is 2. The summed E-state index contributed by atoms with van der Waals surface area (Å²) >= 11 is 0. The molecule has 1 N–H and O–H groups in total. The highest BCUT2D eigenvalue weighted by atomic mass is 19.2. The van der Waals surface area contributed by atoms with Gasteiger partial charge in [-0.1, -0.05) is 31.2 Å². The lowest BCUT2D eigenvalue weighted by molar-refractivity contribution is 0.414. The first-order chi connectivity index (χ1) is 9.67. The molecule has 2 nitrogen and oxygen atoms in total. The van der Waals surface area contributed by atoms with Gasteiger partial charge in [-0.3, -0.25) is 0 Å². The average molecular weight is 277 g/mol. The second kappa shape index (κ2) is 6.48. The summed E-state index contributed by atoms with van der Waals surface area (Å²) < 4.78 is 32.5. The molecular weight excluding hydrogens is 260 g/mol. The van der Waals surface area contributed by atoms with E-state index in [1.165, 1.54) is 6.07 Å². The molecule has 0 aliphatic heterocycles. The molecule has 0 fully saturated rings. The average Bonchev–Trinajstić information content (AvgIpc) is 2.48. The summed E-state index contributed by atoms with van der Waals surface area (Å²) in [6, 6.07) is 11.1. The molecule has 0 saturated heterocycles. The summed E-state index contributed by atoms with van der Waals surface area (Å²) in [6.07, 6.45) is 0. The van der Waals surface area contributed by atoms with Crippen molar-refractivity contribution in [3.63, 3.8) is 0 Å². The highest BCUT2D eigenvalue weighted by molar-refractivity contribution is 5.36. The number of ether oxygens (including phenoxy) is 1. The van der Waals surface area contributed by atoms with Crippen LogP contribution in [0.3, 0.4) is 0 Å². The minimum atomic E-state index is -0.834. The first-order valence-corrected chi connectivity index (χ1v) is 6.48. The molecule has 0 saturated carbocycles. The van der Waals surface area contributed by atoms with Gasteiger partial charge in [-0.2, -0.15) is 0 Å². The predicted molar refractivity (Wildman–Crippen MR) is 74.9 cm³/mol. The van der Waals surface area contributed by atoms with E-state index in [1.807, 2.05) is 19.1 Å². The van der Waals surface area contributed by atoms with Crippen LogP contribution >= 0.6 is 0 Å². The Bertz CT molecular complexity index is 569. The summed E-state index contributed by atoms with van der Waals surface area (Å²) in [4.78, 5) is 0. The third-order valence-electron chi connectivity index (χ3n) is 3.15. The summed E-state index contributed by atoms with van der Waals surface area (Å²) in [5.74, 6) is -0.920. The van der Waals surface area contributed by atoms with Gasteiger partial charge >= 0.3 is 0 Å². The van der Waals surface area contributed by atoms with Gasteiger partial charge in [0.2, 0.25) is 0 Å². The zero-order chi connectivity index (χ0) is 14.5. The molecule has 2 aromatic carbocycles. The van der Waals surface area contributed by atoms with Crippen molar-refractivity contribution in [2.45, 2.75) is 13.0 Å². The van der Waals surface area contributed by atoms with Crippen molar-refractivity contribution in [1.29, 1.82) is 0 Å². The van der Waals surface area contributed by atoms with E-state index < -0.39 is 11.6 Å². The number of rotatable bonds is 5. The van der Waals surface area contributed by atoms with Crippen LogP contribution in [0.5, 0.6) is 5.75 Å². The lowest BCUT2D eigenvalue weighted by Crippen LogP contribution is -2.23. The summed E-state index contributed by atoms with van der Waals surface area (Å²) in [5.41, 5.74) is 1.16. The zero-order valence-corrected chi connectivity index (χ0v) is 11.5. The van der Waals surface area contributed by atoms with Crippen LogP contribution in [0.4, 0.5) is 8.78 Å². The first-order valence-electron chi connectivity index (χ1n) is 6.48. The molecule has 0 aliphatic carbocycles. The van der Waals surface area contributed by atoms with Crippen molar-refractivity contribution in [2.75, 3.05) is 13.7 Å². The molecule has 20 heavy (non-hydrogen) atoms. The SMILES string of the molecule is CCNC(c1ccc(OC)cc1)c1cccc(F)c1F. The highest BCUT2D eigenvalue weighted by Crippen LogP contribution is 2.27. The molecule has 2 aromatic rings. The predicted octanol–water partition coefficient (Wildman–Crippen LogP) is 3.67. The Balaban J connectivity index is 2.41. The van der Waals surface area contributed by atoms with Crippen molar-refractivity contribution in [1.82, 2.24) is 5.32 Å². The largest absolute Gasteiger partial charge is 0.497 e. The number of hydrogen-bond acceptors (Lipinski definition) is 2. The number of nitrogens with one attached hydrogen (secondary N) is 1. The lowest BCUT2D eigenvalue weighted by atomic mass is 9.98.